The van der Waals surface area contributed by atoms with Gasteiger partial charge in [-0.25, -0.2) is 4.39 Å². The van der Waals surface area contributed by atoms with Crippen LogP contribution in [0.3, 0.4) is 0 Å². The first kappa shape index (κ1) is 16.2. The molecule has 2 atom stereocenters. The van der Waals surface area contributed by atoms with Crippen LogP contribution in [0.2, 0.25) is 0 Å². The van der Waals surface area contributed by atoms with Crippen molar-refractivity contribution in [2.75, 3.05) is 0 Å². The van der Waals surface area contributed by atoms with Crippen molar-refractivity contribution >= 4 is 11.6 Å². The van der Waals surface area contributed by atoms with Crippen LogP contribution in [0, 0.1) is 11.2 Å². The maximum Gasteiger partial charge on any atom is 0.178 e. The molecule has 0 amide bonds. The molecule has 2 aliphatic rings. The van der Waals surface area contributed by atoms with Crippen molar-refractivity contribution in [1.82, 2.24) is 5.32 Å². The molecule has 4 heteroatoms. The summed E-state index contributed by atoms with van der Waals surface area (Å²) in [6, 6.07) is 13.6. The molecule has 0 aliphatic heterocycles. The fourth-order valence-corrected chi connectivity index (χ4v) is 4.31. The number of benzene rings is 2. The fraction of sp³-hybridized carbons (Fsp3) is 0.333. The molecule has 1 saturated carbocycles. The van der Waals surface area contributed by atoms with Crippen LogP contribution in [-0.4, -0.2) is 11.6 Å². The zero-order valence-corrected chi connectivity index (χ0v) is 13.9. The van der Waals surface area contributed by atoms with Crippen molar-refractivity contribution in [3.05, 3.63) is 71.0 Å². The van der Waals surface area contributed by atoms with Gasteiger partial charge in [0.1, 0.15) is 17.0 Å². The van der Waals surface area contributed by atoms with Gasteiger partial charge in [0.25, 0.3) is 0 Å². The predicted molar refractivity (Wildman–Crippen MR) is 92.7 cm³/mol. The van der Waals surface area contributed by atoms with Gasteiger partial charge in [0, 0.05) is 18.5 Å². The highest BCUT2D eigenvalue weighted by Crippen LogP contribution is 2.52. The van der Waals surface area contributed by atoms with E-state index in [4.69, 9.17) is 0 Å². The Bertz CT molecular complexity index is 833. The van der Waals surface area contributed by atoms with Gasteiger partial charge in [-0.15, -0.1) is 0 Å². The Balaban J connectivity index is 1.75. The minimum absolute atomic E-state index is 0.00841. The van der Waals surface area contributed by atoms with Gasteiger partial charge in [0.2, 0.25) is 0 Å². The van der Waals surface area contributed by atoms with E-state index in [-0.39, 0.29) is 17.4 Å². The van der Waals surface area contributed by atoms with Crippen LogP contribution >= 0.6 is 0 Å². The van der Waals surface area contributed by atoms with E-state index in [1.54, 1.807) is 0 Å². The van der Waals surface area contributed by atoms with Crippen molar-refractivity contribution in [3.8, 4) is 0 Å². The van der Waals surface area contributed by atoms with Crippen LogP contribution in [0.25, 0.3) is 0 Å². The summed E-state index contributed by atoms with van der Waals surface area (Å²) in [6.07, 6.45) is 2.63. The molecule has 2 aromatic rings. The largest absolute Gasteiger partial charge is 0.305 e. The van der Waals surface area contributed by atoms with Gasteiger partial charge in [0.05, 0.1) is 6.04 Å². The molecule has 3 nitrogen and oxygen atoms in total. The smallest absolute Gasteiger partial charge is 0.178 e. The lowest BCUT2D eigenvalue weighted by atomic mass is 9.67. The first-order valence-corrected chi connectivity index (χ1v) is 8.78. The average molecular weight is 337 g/mol. The summed E-state index contributed by atoms with van der Waals surface area (Å²) in [5, 5.41) is 3.39. The zero-order valence-electron chi connectivity index (χ0n) is 13.9. The number of carbonyl (C=O) groups excluding carboxylic acids is 2. The number of carbonyl (C=O) groups is 2. The highest BCUT2D eigenvalue weighted by Gasteiger charge is 2.58. The van der Waals surface area contributed by atoms with E-state index in [1.807, 2.05) is 30.3 Å². The number of rotatable bonds is 3. The van der Waals surface area contributed by atoms with E-state index >= 15 is 0 Å². The third-order valence-corrected chi connectivity index (χ3v) is 5.54. The highest BCUT2D eigenvalue weighted by atomic mass is 19.1. The standard InChI is InChI=1S/C21H20FNO2/c22-15-9-10-16-17(12-15)19(23-13-14-6-2-1-3-7-14)21(20(16)25)11-5-4-8-18(21)24/h1-3,6-7,9-10,12,19,23H,4-5,8,11,13H2/t19-,21-/m1/s1. The average Bonchev–Trinajstić information content (AvgIpc) is 2.85. The molecule has 1 N–H and O–H groups in total. The van der Waals surface area contributed by atoms with Gasteiger partial charge < -0.3 is 5.32 Å². The summed E-state index contributed by atoms with van der Waals surface area (Å²) in [7, 11) is 0. The van der Waals surface area contributed by atoms with Gasteiger partial charge in [-0.1, -0.05) is 36.8 Å². The van der Waals surface area contributed by atoms with Crippen molar-refractivity contribution < 1.29 is 14.0 Å². The van der Waals surface area contributed by atoms with Gasteiger partial charge in [-0.2, -0.15) is 0 Å². The summed E-state index contributed by atoms with van der Waals surface area (Å²) in [6.45, 7) is 0.532. The van der Waals surface area contributed by atoms with E-state index in [1.165, 1.54) is 18.2 Å². The fourth-order valence-electron chi connectivity index (χ4n) is 4.31. The molecule has 25 heavy (non-hydrogen) atoms. The minimum atomic E-state index is -1.07. The van der Waals surface area contributed by atoms with Crippen molar-refractivity contribution in [3.63, 3.8) is 0 Å². The minimum Gasteiger partial charge on any atom is -0.305 e. The summed E-state index contributed by atoms with van der Waals surface area (Å²) in [5.41, 5.74) is 1.11. The topological polar surface area (TPSA) is 46.2 Å². The third kappa shape index (κ3) is 2.52. The number of ketones is 2. The molecular formula is C21H20FNO2. The van der Waals surface area contributed by atoms with Crippen molar-refractivity contribution in [2.45, 2.75) is 38.3 Å². The molecule has 0 aromatic heterocycles. The number of nitrogens with one attached hydrogen (secondary N) is 1. The van der Waals surface area contributed by atoms with Gasteiger partial charge >= 0.3 is 0 Å². The Hall–Kier alpha value is -2.33. The first-order chi connectivity index (χ1) is 12.1. The van der Waals surface area contributed by atoms with Gasteiger partial charge in [-0.3, -0.25) is 9.59 Å². The molecule has 2 aliphatic carbocycles. The molecule has 0 unspecified atom stereocenters. The molecular weight excluding hydrogens is 317 g/mol. The molecule has 128 valence electrons. The molecule has 2 aromatic carbocycles. The predicted octanol–water partition coefficient (Wildman–Crippen LogP) is 3.98. The van der Waals surface area contributed by atoms with E-state index in [0.717, 1.165) is 18.4 Å². The molecule has 1 fully saturated rings. The number of hydrogen-bond donors (Lipinski definition) is 1. The lowest BCUT2D eigenvalue weighted by Gasteiger charge is -2.36. The van der Waals surface area contributed by atoms with Crippen LogP contribution in [0.4, 0.5) is 4.39 Å². The normalized spacial score (nSPS) is 25.4. The quantitative estimate of drug-likeness (QED) is 0.862. The summed E-state index contributed by atoms with van der Waals surface area (Å²) >= 11 is 0. The monoisotopic (exact) mass is 337 g/mol. The number of hydrogen-bond acceptors (Lipinski definition) is 3. The van der Waals surface area contributed by atoms with E-state index < -0.39 is 11.5 Å². The molecule has 0 heterocycles. The lowest BCUT2D eigenvalue weighted by molar-refractivity contribution is -0.129. The summed E-state index contributed by atoms with van der Waals surface area (Å²) < 4.78 is 13.9. The van der Waals surface area contributed by atoms with Gasteiger partial charge in [-0.05, 0) is 42.2 Å². The first-order valence-electron chi connectivity index (χ1n) is 8.78. The second kappa shape index (κ2) is 6.19. The SMILES string of the molecule is O=C1CCCC[C@@]12C(=O)c1ccc(F)cc1[C@H]2NCc1ccccc1. The Labute approximate surface area is 146 Å². The lowest BCUT2D eigenvalue weighted by Crippen LogP contribution is -2.46. The van der Waals surface area contributed by atoms with Crippen molar-refractivity contribution in [2.24, 2.45) is 5.41 Å². The molecule has 0 bridgehead atoms. The maximum absolute atomic E-state index is 13.9. The Morgan fingerprint density at radius 1 is 1.08 bits per heavy atom. The maximum atomic E-state index is 13.9. The second-order valence-electron chi connectivity index (χ2n) is 6.96. The Kier molecular flexibility index (Phi) is 4.00. The van der Waals surface area contributed by atoms with Crippen LogP contribution in [0.15, 0.2) is 48.5 Å². The number of fused-ring (bicyclic) bond motifs is 1. The summed E-state index contributed by atoms with van der Waals surface area (Å²) in [4.78, 5) is 26.0. The van der Waals surface area contributed by atoms with E-state index in [2.05, 4.69) is 5.32 Å². The zero-order chi connectivity index (χ0) is 17.4. The summed E-state index contributed by atoms with van der Waals surface area (Å²) in [5.74, 6) is -0.526. The number of Topliss-reactive ketones (excluding diaryl/α,β-unsaturated/α-hetero) is 2. The van der Waals surface area contributed by atoms with Gasteiger partial charge in [0.15, 0.2) is 5.78 Å². The third-order valence-electron chi connectivity index (χ3n) is 5.54. The van der Waals surface area contributed by atoms with Crippen LogP contribution in [0.5, 0.6) is 0 Å². The van der Waals surface area contributed by atoms with Crippen LogP contribution < -0.4 is 5.32 Å². The number of halogens is 1. The Morgan fingerprint density at radius 2 is 1.88 bits per heavy atom. The van der Waals surface area contributed by atoms with E-state index in [9.17, 15) is 14.0 Å². The molecule has 4 rings (SSSR count). The van der Waals surface area contributed by atoms with Crippen LogP contribution in [0.1, 0.15) is 53.2 Å². The molecule has 0 saturated heterocycles. The van der Waals surface area contributed by atoms with Crippen LogP contribution in [-0.2, 0) is 11.3 Å². The molecule has 1 spiro atoms. The highest BCUT2D eigenvalue weighted by molar-refractivity contribution is 6.19. The molecule has 0 radical (unpaired) electrons. The Morgan fingerprint density at radius 3 is 2.64 bits per heavy atom. The van der Waals surface area contributed by atoms with E-state index in [0.29, 0.717) is 30.5 Å². The second-order valence-corrected chi connectivity index (χ2v) is 6.96. The van der Waals surface area contributed by atoms with Crippen molar-refractivity contribution in [1.29, 1.82) is 0 Å².